The molecule has 140 valence electrons. The van der Waals surface area contributed by atoms with Gasteiger partial charge in [0.15, 0.2) is 11.9 Å². The third-order valence-electron chi connectivity index (χ3n) is 4.09. The van der Waals surface area contributed by atoms with Crippen molar-refractivity contribution in [2.75, 3.05) is 33.9 Å². The zero-order chi connectivity index (χ0) is 18.8. The number of nitrogens with zero attached hydrogens (tertiary/aromatic N) is 3. The largest absolute Gasteiger partial charge is 0.480 e. The van der Waals surface area contributed by atoms with Crippen LogP contribution < -0.4 is 4.74 Å². The van der Waals surface area contributed by atoms with Crippen LogP contribution >= 0.6 is 11.3 Å². The highest BCUT2D eigenvalue weighted by atomic mass is 32.1. The van der Waals surface area contributed by atoms with Crippen molar-refractivity contribution in [2.45, 2.75) is 19.6 Å². The van der Waals surface area contributed by atoms with Crippen molar-refractivity contribution < 1.29 is 28.9 Å². The third-order valence-corrected chi connectivity index (χ3v) is 5.27. The number of carboxylic acids is 1. The second-order valence-electron chi connectivity index (χ2n) is 5.77. The predicted octanol–water partition coefficient (Wildman–Crippen LogP) is 1.08. The van der Waals surface area contributed by atoms with Crippen molar-refractivity contribution in [1.29, 1.82) is 0 Å². The number of fused-ring (bicyclic) bond motifs is 1. The number of methoxy groups -OCH3 is 2. The van der Waals surface area contributed by atoms with E-state index in [2.05, 4.69) is 9.97 Å². The van der Waals surface area contributed by atoms with Crippen LogP contribution in [-0.4, -0.2) is 71.9 Å². The predicted molar refractivity (Wildman–Crippen MR) is 92.7 cm³/mol. The van der Waals surface area contributed by atoms with Crippen LogP contribution in [0.1, 0.15) is 21.1 Å². The van der Waals surface area contributed by atoms with E-state index < -0.39 is 12.1 Å². The molecule has 26 heavy (non-hydrogen) atoms. The van der Waals surface area contributed by atoms with Crippen LogP contribution in [0, 0.1) is 6.92 Å². The molecule has 0 radical (unpaired) electrons. The molecular formula is C16H19N3O6S. The summed E-state index contributed by atoms with van der Waals surface area (Å²) in [7, 11) is 3.06. The van der Waals surface area contributed by atoms with Gasteiger partial charge in [0, 0.05) is 13.7 Å². The first kappa shape index (κ1) is 18.5. The number of hydrogen-bond acceptors (Lipinski definition) is 8. The molecule has 0 aliphatic carbocycles. The van der Waals surface area contributed by atoms with Gasteiger partial charge in [-0.05, 0) is 12.5 Å². The lowest BCUT2D eigenvalue weighted by Crippen LogP contribution is -2.48. The number of rotatable bonds is 5. The number of carbonyl (C=O) groups is 2. The molecule has 0 spiro atoms. The van der Waals surface area contributed by atoms with Gasteiger partial charge in [-0.3, -0.25) is 4.79 Å². The van der Waals surface area contributed by atoms with Crippen molar-refractivity contribution in [3.63, 3.8) is 0 Å². The number of aromatic nitrogens is 2. The molecule has 0 aromatic carbocycles. The fourth-order valence-corrected chi connectivity index (χ4v) is 3.97. The highest BCUT2D eigenvalue weighted by Crippen LogP contribution is 2.35. The molecule has 3 rings (SSSR count). The lowest BCUT2D eigenvalue weighted by Gasteiger charge is -2.30. The summed E-state index contributed by atoms with van der Waals surface area (Å²) in [6, 6.07) is 0. The topological polar surface area (TPSA) is 111 Å². The van der Waals surface area contributed by atoms with E-state index in [-0.39, 0.29) is 25.7 Å². The van der Waals surface area contributed by atoms with Crippen molar-refractivity contribution >= 4 is 33.4 Å². The fourth-order valence-electron chi connectivity index (χ4n) is 2.82. The van der Waals surface area contributed by atoms with E-state index in [0.717, 1.165) is 0 Å². The number of carbonyl (C=O) groups excluding carboxylic acids is 1. The molecule has 0 bridgehead atoms. The van der Waals surface area contributed by atoms with Crippen LogP contribution in [0.2, 0.25) is 0 Å². The Labute approximate surface area is 153 Å². The minimum atomic E-state index is -1.08. The molecular weight excluding hydrogens is 362 g/mol. The van der Waals surface area contributed by atoms with Gasteiger partial charge in [0.25, 0.3) is 5.91 Å². The molecule has 1 unspecified atom stereocenters. The number of hydrogen-bond donors (Lipinski definition) is 1. The Hall–Kier alpha value is -2.30. The maximum absolute atomic E-state index is 12.9. The minimum absolute atomic E-state index is 0.0135. The van der Waals surface area contributed by atoms with E-state index in [1.54, 1.807) is 7.11 Å². The summed E-state index contributed by atoms with van der Waals surface area (Å²) in [5, 5.41) is 9.80. The van der Waals surface area contributed by atoms with E-state index in [4.69, 9.17) is 19.3 Å². The number of amides is 1. The van der Waals surface area contributed by atoms with Crippen LogP contribution in [0.3, 0.4) is 0 Å². The van der Waals surface area contributed by atoms with Crippen LogP contribution in [0.4, 0.5) is 0 Å². The summed E-state index contributed by atoms with van der Waals surface area (Å²) >= 11 is 1.24. The average Bonchev–Trinajstić information content (AvgIpc) is 2.97. The Morgan fingerprint density at radius 1 is 1.38 bits per heavy atom. The smallest absolute Gasteiger partial charge is 0.334 e. The van der Waals surface area contributed by atoms with Gasteiger partial charge in [0.05, 0.1) is 30.5 Å². The molecule has 1 aliphatic heterocycles. The Balaban J connectivity index is 1.98. The molecule has 1 N–H and O–H groups in total. The standard InChI is InChI=1S/C16H19N3O6S/c1-8-11-13(24-3)17-10(7-23-2)18-14(11)26-12(8)15(20)19-4-5-25-9(6-19)16(21)22/h9H,4-7H2,1-3H3,(H,21,22). The number of thiophene rings is 1. The van der Waals surface area contributed by atoms with Gasteiger partial charge in [-0.1, -0.05) is 0 Å². The minimum Gasteiger partial charge on any atom is -0.480 e. The maximum atomic E-state index is 12.9. The van der Waals surface area contributed by atoms with Gasteiger partial charge in [-0.15, -0.1) is 11.3 Å². The lowest BCUT2D eigenvalue weighted by molar-refractivity contribution is -0.154. The van der Waals surface area contributed by atoms with Gasteiger partial charge < -0.3 is 24.2 Å². The molecule has 0 saturated carbocycles. The van der Waals surface area contributed by atoms with Crippen molar-refractivity contribution in [1.82, 2.24) is 14.9 Å². The molecule has 1 amide bonds. The number of aliphatic carboxylic acids is 1. The van der Waals surface area contributed by atoms with Crippen molar-refractivity contribution in [3.8, 4) is 5.88 Å². The Bertz CT molecular complexity index is 852. The average molecular weight is 381 g/mol. The number of aryl methyl sites for hydroxylation is 1. The lowest BCUT2D eigenvalue weighted by atomic mass is 10.2. The van der Waals surface area contributed by atoms with Crippen LogP contribution in [0.25, 0.3) is 10.2 Å². The second kappa shape index (κ2) is 7.52. The summed E-state index contributed by atoms with van der Waals surface area (Å²) in [6.07, 6.45) is -1.01. The SMILES string of the molecule is COCc1nc(OC)c2c(C)c(C(=O)N3CCOC(C(=O)O)C3)sc2n1. The molecule has 2 aromatic heterocycles. The molecule has 3 heterocycles. The molecule has 9 nitrogen and oxygen atoms in total. The van der Waals surface area contributed by atoms with E-state index >= 15 is 0 Å². The second-order valence-corrected chi connectivity index (χ2v) is 6.77. The highest BCUT2D eigenvalue weighted by molar-refractivity contribution is 7.20. The normalized spacial score (nSPS) is 17.5. The number of morpholine rings is 1. The molecule has 1 saturated heterocycles. The van der Waals surface area contributed by atoms with E-state index in [0.29, 0.717) is 38.9 Å². The summed E-state index contributed by atoms with van der Waals surface area (Å²) in [6.45, 7) is 2.58. The summed E-state index contributed by atoms with van der Waals surface area (Å²) < 4.78 is 15.6. The van der Waals surface area contributed by atoms with Gasteiger partial charge in [-0.2, -0.15) is 4.98 Å². The fraction of sp³-hybridized carbons (Fsp3) is 0.500. The van der Waals surface area contributed by atoms with Gasteiger partial charge >= 0.3 is 5.97 Å². The molecule has 1 fully saturated rings. The maximum Gasteiger partial charge on any atom is 0.334 e. The van der Waals surface area contributed by atoms with Gasteiger partial charge in [0.2, 0.25) is 5.88 Å². The Kier molecular flexibility index (Phi) is 5.35. The Morgan fingerprint density at radius 2 is 2.15 bits per heavy atom. The number of carboxylic acid groups (broad SMARTS) is 1. The van der Waals surface area contributed by atoms with Crippen molar-refractivity contribution in [3.05, 3.63) is 16.3 Å². The zero-order valence-electron chi connectivity index (χ0n) is 14.6. The van der Waals surface area contributed by atoms with Crippen LogP contribution in [-0.2, 0) is 20.9 Å². The first-order chi connectivity index (χ1) is 12.5. The summed E-state index contributed by atoms with van der Waals surface area (Å²) in [4.78, 5) is 35.5. The summed E-state index contributed by atoms with van der Waals surface area (Å²) in [5.41, 5.74) is 0.717. The van der Waals surface area contributed by atoms with Crippen LogP contribution in [0.5, 0.6) is 5.88 Å². The van der Waals surface area contributed by atoms with E-state index in [1.165, 1.54) is 23.3 Å². The third kappa shape index (κ3) is 3.35. The first-order valence-electron chi connectivity index (χ1n) is 7.92. The van der Waals surface area contributed by atoms with E-state index in [1.807, 2.05) is 6.92 Å². The van der Waals surface area contributed by atoms with Gasteiger partial charge in [0.1, 0.15) is 11.4 Å². The Morgan fingerprint density at radius 3 is 2.81 bits per heavy atom. The molecule has 2 aromatic rings. The first-order valence-corrected chi connectivity index (χ1v) is 8.74. The van der Waals surface area contributed by atoms with E-state index in [9.17, 15) is 9.59 Å². The van der Waals surface area contributed by atoms with Crippen LogP contribution in [0.15, 0.2) is 0 Å². The molecule has 1 atom stereocenters. The van der Waals surface area contributed by atoms with Crippen molar-refractivity contribution in [2.24, 2.45) is 0 Å². The van der Waals surface area contributed by atoms with Gasteiger partial charge in [-0.25, -0.2) is 9.78 Å². The summed E-state index contributed by atoms with van der Waals surface area (Å²) in [5.74, 6) is -0.461. The molecule has 1 aliphatic rings. The zero-order valence-corrected chi connectivity index (χ0v) is 15.5. The molecule has 10 heteroatoms. The highest BCUT2D eigenvalue weighted by Gasteiger charge is 2.31. The monoisotopic (exact) mass is 381 g/mol. The number of ether oxygens (including phenoxy) is 3. The quantitative estimate of drug-likeness (QED) is 0.819.